The van der Waals surface area contributed by atoms with Gasteiger partial charge in [-0.3, -0.25) is 0 Å². The molecule has 13 heteroatoms. The molecule has 29 heavy (non-hydrogen) atoms. The van der Waals surface area contributed by atoms with Gasteiger partial charge in [-0.2, -0.15) is 14.0 Å². The number of nitrogen functional groups attached to an aromatic ring is 1. The molecule has 4 N–H and O–H groups in total. The number of benzene rings is 1. The lowest BCUT2D eigenvalue weighted by Crippen LogP contribution is -2.40. The average molecular weight is 416 g/mol. The maximum atomic E-state index is 10.9. The molecule has 0 aliphatic carbocycles. The van der Waals surface area contributed by atoms with Crippen LogP contribution in [0.2, 0.25) is 0 Å². The number of anilines is 1. The molecule has 2 aromatic heterocycles. The highest BCUT2D eigenvalue weighted by Crippen LogP contribution is 2.58. The van der Waals surface area contributed by atoms with Crippen LogP contribution in [-0.4, -0.2) is 62.0 Å². The van der Waals surface area contributed by atoms with Gasteiger partial charge in [0.2, 0.25) is 0 Å². The van der Waals surface area contributed by atoms with Crippen molar-refractivity contribution in [3.8, 4) is 11.8 Å². The first kappa shape index (κ1) is 18.7. The van der Waals surface area contributed by atoms with E-state index in [1.165, 1.54) is 10.9 Å². The minimum Gasteiger partial charge on any atom is -0.425 e. The number of para-hydroxylation sites is 1. The maximum absolute atomic E-state index is 10.9. The van der Waals surface area contributed by atoms with E-state index < -0.39 is 32.4 Å². The van der Waals surface area contributed by atoms with Crippen LogP contribution in [0, 0.1) is 0 Å². The van der Waals surface area contributed by atoms with Crippen molar-refractivity contribution in [1.29, 1.82) is 0 Å². The average Bonchev–Trinajstić information content (AvgIpc) is 3.20. The minimum atomic E-state index is -3.51. The van der Waals surface area contributed by atoms with Crippen molar-refractivity contribution in [3.05, 3.63) is 36.7 Å². The summed E-state index contributed by atoms with van der Waals surface area (Å²) in [5.74, 6) is 0.667. The summed E-state index contributed by atoms with van der Waals surface area (Å²) in [6, 6.07) is 9.06. The van der Waals surface area contributed by atoms with Crippen molar-refractivity contribution < 1.29 is 28.5 Å². The van der Waals surface area contributed by atoms with E-state index in [0.717, 1.165) is 0 Å². The van der Waals surface area contributed by atoms with Gasteiger partial charge in [0.15, 0.2) is 29.3 Å². The quantitative estimate of drug-likeness (QED) is 0.412. The number of fused-ring (bicyclic) bond motifs is 2. The number of nitrogens with zero attached hydrogens (tertiary/aromatic N) is 4. The summed E-state index contributed by atoms with van der Waals surface area (Å²) in [6.45, 7) is -0.0301. The van der Waals surface area contributed by atoms with E-state index in [9.17, 15) is 10.00 Å². The topological polar surface area (TPSA) is 147 Å². The molecule has 0 spiro atoms. The number of aliphatic hydroxyl groups is 1. The highest BCUT2D eigenvalue weighted by Gasteiger charge is 2.57. The Bertz CT molecular complexity index is 1050. The number of hydrogen-bond donors (Lipinski definition) is 3. The predicted octanol–water partition coefficient (Wildman–Crippen LogP) is 0.713. The van der Waals surface area contributed by atoms with Crippen molar-refractivity contribution >= 4 is 32.4 Å². The van der Waals surface area contributed by atoms with Crippen LogP contribution < -0.4 is 10.5 Å². The first-order valence-electron chi connectivity index (χ1n) is 8.71. The molecule has 5 atom stereocenters. The fourth-order valence-electron chi connectivity index (χ4n) is 3.38. The second-order valence-electron chi connectivity index (χ2n) is 6.60. The maximum Gasteiger partial charge on any atom is 0.488 e. The van der Waals surface area contributed by atoms with Gasteiger partial charge in [0, 0.05) is 0 Å². The number of aliphatic hydroxyl groups excluding tert-OH is 1. The molecule has 4 heterocycles. The summed E-state index contributed by atoms with van der Waals surface area (Å²) in [6.07, 6.45) is -2.46. The van der Waals surface area contributed by atoms with E-state index in [1.807, 2.05) is 18.2 Å². The van der Waals surface area contributed by atoms with E-state index in [0.29, 0.717) is 16.9 Å². The Balaban J connectivity index is 1.58. The summed E-state index contributed by atoms with van der Waals surface area (Å²) in [7, 11) is 2.07. The van der Waals surface area contributed by atoms with Crippen molar-refractivity contribution in [2.75, 3.05) is 12.3 Å². The Kier molecular flexibility index (Phi) is 4.43. The van der Waals surface area contributed by atoms with Gasteiger partial charge < -0.3 is 20.3 Å². The van der Waals surface area contributed by atoms with Gasteiger partial charge in [0.25, 0.3) is 0 Å². The second-order valence-corrected chi connectivity index (χ2v) is 8.19. The van der Waals surface area contributed by atoms with Crippen LogP contribution in [0.3, 0.4) is 0 Å². The summed E-state index contributed by atoms with van der Waals surface area (Å²) < 4.78 is 23.8. The smallest absolute Gasteiger partial charge is 0.425 e. The van der Waals surface area contributed by atoms with Crippen LogP contribution in [0.4, 0.5) is 5.82 Å². The Morgan fingerprint density at radius 1 is 1.28 bits per heavy atom. The third-order valence-electron chi connectivity index (χ3n) is 4.69. The SMILES string of the molecule is [B][P+]1(O)OC[C@H]2O[C@@H](n3c(Oc4ccccc4)nc4c(N)ncnc43)C(O)[C@@H]2O1. The molecule has 2 radical (unpaired) electrons. The number of nitrogens with two attached hydrogens (primary N) is 1. The van der Waals surface area contributed by atoms with Gasteiger partial charge in [0.1, 0.15) is 30.9 Å². The summed E-state index contributed by atoms with van der Waals surface area (Å²) in [5.41, 5.74) is 6.55. The normalized spacial score (nSPS) is 31.7. The third kappa shape index (κ3) is 3.23. The van der Waals surface area contributed by atoms with Crippen LogP contribution in [0.1, 0.15) is 6.23 Å². The summed E-state index contributed by atoms with van der Waals surface area (Å²) in [5, 5.41) is 10.9. The fraction of sp³-hybridized carbons (Fsp3) is 0.312. The second kappa shape index (κ2) is 6.87. The number of imidazole rings is 1. The predicted molar refractivity (Wildman–Crippen MR) is 102 cm³/mol. The van der Waals surface area contributed by atoms with Crippen LogP contribution in [-0.2, 0) is 13.8 Å². The van der Waals surface area contributed by atoms with Crippen LogP contribution >= 0.6 is 7.82 Å². The zero-order chi connectivity index (χ0) is 20.2. The number of rotatable bonds is 3. The zero-order valence-electron chi connectivity index (χ0n) is 14.9. The van der Waals surface area contributed by atoms with E-state index >= 15 is 0 Å². The Hall–Kier alpha value is -2.34. The van der Waals surface area contributed by atoms with Gasteiger partial charge in [-0.15, -0.1) is 0 Å². The van der Waals surface area contributed by atoms with Crippen molar-refractivity contribution in [3.63, 3.8) is 0 Å². The van der Waals surface area contributed by atoms with Gasteiger partial charge in [0.05, 0.1) is 0 Å². The van der Waals surface area contributed by atoms with Gasteiger partial charge in [-0.1, -0.05) is 18.2 Å². The highest BCUT2D eigenvalue weighted by atomic mass is 31.2. The Morgan fingerprint density at radius 2 is 2.07 bits per heavy atom. The molecule has 5 rings (SSSR count). The van der Waals surface area contributed by atoms with E-state index in [2.05, 4.69) is 15.0 Å². The molecular formula is C16H16BN5O6P+. The Labute approximate surface area is 166 Å². The van der Waals surface area contributed by atoms with E-state index in [-0.39, 0.29) is 18.4 Å². The van der Waals surface area contributed by atoms with Crippen molar-refractivity contribution in [2.45, 2.75) is 24.5 Å². The number of ether oxygens (including phenoxy) is 2. The van der Waals surface area contributed by atoms with Crippen LogP contribution in [0.5, 0.6) is 11.8 Å². The lowest BCUT2D eigenvalue weighted by molar-refractivity contribution is -0.0618. The molecule has 148 valence electrons. The molecule has 0 saturated carbocycles. The molecule has 2 fully saturated rings. The highest BCUT2D eigenvalue weighted by molar-refractivity contribution is 7.85. The first-order valence-corrected chi connectivity index (χ1v) is 10.4. The number of aromatic nitrogens is 4. The molecule has 1 aromatic carbocycles. The molecule has 11 nitrogen and oxygen atoms in total. The fourth-order valence-corrected chi connectivity index (χ4v) is 4.41. The first-order chi connectivity index (χ1) is 13.9. The lowest BCUT2D eigenvalue weighted by atomic mass is 10.1. The third-order valence-corrected chi connectivity index (χ3v) is 5.75. The minimum absolute atomic E-state index is 0.0301. The van der Waals surface area contributed by atoms with E-state index in [1.54, 1.807) is 12.1 Å². The van der Waals surface area contributed by atoms with Gasteiger partial charge in [-0.25, -0.2) is 19.4 Å². The van der Waals surface area contributed by atoms with Gasteiger partial charge in [-0.05, 0) is 12.1 Å². The lowest BCUT2D eigenvalue weighted by Gasteiger charge is -2.27. The molecule has 2 unspecified atom stereocenters. The summed E-state index contributed by atoms with van der Waals surface area (Å²) in [4.78, 5) is 22.5. The van der Waals surface area contributed by atoms with E-state index in [4.69, 9.17) is 31.8 Å². The molecular weight excluding hydrogens is 400 g/mol. The molecule has 3 aromatic rings. The van der Waals surface area contributed by atoms with Crippen molar-refractivity contribution in [1.82, 2.24) is 19.5 Å². The number of hydrogen-bond acceptors (Lipinski definition) is 10. The van der Waals surface area contributed by atoms with Gasteiger partial charge >= 0.3 is 21.4 Å². The standard InChI is InChI=1S/C16H16BN5O6P/c17-29(24)25-6-9-12(28-29)11(23)15(27-9)22-14-10(13(18)19-7-20-14)21-16(22)26-8-4-2-1-3-5-8/h1-5,7,9,11-12,15,23-24H,6H2,(H2,18,19,20)/q+1/t9-,11?,12-,15-,29?/m1/s1. The van der Waals surface area contributed by atoms with Crippen LogP contribution in [0.15, 0.2) is 36.7 Å². The zero-order valence-corrected chi connectivity index (χ0v) is 15.8. The molecule has 0 amide bonds. The molecule has 2 aliphatic heterocycles. The monoisotopic (exact) mass is 416 g/mol. The summed E-state index contributed by atoms with van der Waals surface area (Å²) >= 11 is 0. The molecule has 2 saturated heterocycles. The molecule has 2 aliphatic rings. The molecule has 0 bridgehead atoms. The van der Waals surface area contributed by atoms with Crippen molar-refractivity contribution in [2.24, 2.45) is 0 Å². The Morgan fingerprint density at radius 3 is 2.86 bits per heavy atom. The largest absolute Gasteiger partial charge is 0.488 e. The van der Waals surface area contributed by atoms with Crippen LogP contribution in [0.25, 0.3) is 11.2 Å².